The maximum atomic E-state index is 12.1. The standard InChI is InChI=1S/C10H6BrClN2O5S/c11-9-7(4-6(19-9)10(15)16)20(17,18)14-8-3-5(12)1-2-13-8/h1-4H,(H,13,14)(H,15,16). The lowest BCUT2D eigenvalue weighted by atomic mass is 10.5. The van der Waals surface area contributed by atoms with E-state index in [9.17, 15) is 13.2 Å². The van der Waals surface area contributed by atoms with Crippen LogP contribution in [-0.4, -0.2) is 24.5 Å². The Morgan fingerprint density at radius 2 is 2.15 bits per heavy atom. The molecule has 0 amide bonds. The molecule has 0 aromatic carbocycles. The Labute approximate surface area is 126 Å². The molecule has 2 N–H and O–H groups in total. The lowest BCUT2D eigenvalue weighted by Crippen LogP contribution is -2.13. The summed E-state index contributed by atoms with van der Waals surface area (Å²) >= 11 is 8.57. The molecular formula is C10H6BrClN2O5S. The molecule has 106 valence electrons. The summed E-state index contributed by atoms with van der Waals surface area (Å²) in [7, 11) is -4.05. The zero-order chi connectivity index (χ0) is 14.9. The molecule has 0 aliphatic carbocycles. The fraction of sp³-hybridized carbons (Fsp3) is 0. The number of anilines is 1. The molecule has 7 nitrogen and oxygen atoms in total. The summed E-state index contributed by atoms with van der Waals surface area (Å²) in [5.41, 5.74) is 0. The van der Waals surface area contributed by atoms with E-state index in [1.54, 1.807) is 0 Å². The minimum absolute atomic E-state index is 0.00229. The maximum absolute atomic E-state index is 12.1. The normalized spacial score (nSPS) is 11.3. The van der Waals surface area contributed by atoms with E-state index in [2.05, 4.69) is 25.6 Å². The Morgan fingerprint density at radius 3 is 2.70 bits per heavy atom. The number of nitrogens with one attached hydrogen (secondary N) is 1. The number of halogens is 2. The third-order valence-corrected chi connectivity index (χ3v) is 4.56. The van der Waals surface area contributed by atoms with Crippen molar-refractivity contribution in [3.8, 4) is 0 Å². The average Bonchev–Trinajstić information content (AvgIpc) is 2.71. The van der Waals surface area contributed by atoms with E-state index in [0.29, 0.717) is 5.02 Å². The Morgan fingerprint density at radius 1 is 1.45 bits per heavy atom. The number of carboxylic acid groups (broad SMARTS) is 1. The Kier molecular flexibility index (Phi) is 4.02. The second-order valence-corrected chi connectivity index (χ2v) is 6.33. The molecule has 2 rings (SSSR count). The number of nitrogens with zero attached hydrogens (tertiary/aromatic N) is 1. The van der Waals surface area contributed by atoms with Crippen LogP contribution in [0.3, 0.4) is 0 Å². The number of carboxylic acids is 1. The molecule has 0 bridgehead atoms. The smallest absolute Gasteiger partial charge is 0.371 e. The van der Waals surface area contributed by atoms with Gasteiger partial charge in [-0.15, -0.1) is 0 Å². The van der Waals surface area contributed by atoms with Gasteiger partial charge in [-0.25, -0.2) is 18.2 Å². The minimum Gasteiger partial charge on any atom is -0.475 e. The number of carbonyl (C=O) groups is 1. The van der Waals surface area contributed by atoms with Crippen molar-refractivity contribution in [1.82, 2.24) is 4.98 Å². The highest BCUT2D eigenvalue weighted by atomic mass is 79.9. The van der Waals surface area contributed by atoms with Crippen molar-refractivity contribution >= 4 is 49.3 Å². The van der Waals surface area contributed by atoms with E-state index >= 15 is 0 Å². The van der Waals surface area contributed by atoms with E-state index in [1.165, 1.54) is 18.3 Å². The van der Waals surface area contributed by atoms with Crippen LogP contribution in [0.2, 0.25) is 5.02 Å². The van der Waals surface area contributed by atoms with Gasteiger partial charge in [0.05, 0.1) is 0 Å². The van der Waals surface area contributed by atoms with Gasteiger partial charge in [-0.3, -0.25) is 4.72 Å². The van der Waals surface area contributed by atoms with Crippen molar-refractivity contribution in [3.05, 3.63) is 39.8 Å². The van der Waals surface area contributed by atoms with Crippen LogP contribution < -0.4 is 4.72 Å². The zero-order valence-electron chi connectivity index (χ0n) is 9.50. The molecule has 20 heavy (non-hydrogen) atoms. The molecule has 0 atom stereocenters. The van der Waals surface area contributed by atoms with Gasteiger partial charge >= 0.3 is 5.97 Å². The van der Waals surface area contributed by atoms with Gasteiger partial charge in [-0.1, -0.05) is 11.6 Å². The van der Waals surface area contributed by atoms with Crippen molar-refractivity contribution in [2.45, 2.75) is 4.90 Å². The zero-order valence-corrected chi connectivity index (χ0v) is 12.7. The van der Waals surface area contributed by atoms with Gasteiger partial charge in [-0.2, -0.15) is 0 Å². The quantitative estimate of drug-likeness (QED) is 0.842. The number of hydrogen-bond donors (Lipinski definition) is 2. The second-order valence-electron chi connectivity index (χ2n) is 3.52. The molecular weight excluding hydrogens is 376 g/mol. The number of aromatic nitrogens is 1. The summed E-state index contributed by atoms with van der Waals surface area (Å²) in [6.45, 7) is 0. The van der Waals surface area contributed by atoms with Gasteiger partial charge < -0.3 is 9.52 Å². The van der Waals surface area contributed by atoms with Crippen LogP contribution in [0.25, 0.3) is 0 Å². The lowest BCUT2D eigenvalue weighted by molar-refractivity contribution is 0.0661. The average molecular weight is 382 g/mol. The first-order chi connectivity index (χ1) is 9.29. The number of furan rings is 1. The first kappa shape index (κ1) is 14.8. The van der Waals surface area contributed by atoms with Crippen LogP contribution in [0.5, 0.6) is 0 Å². The van der Waals surface area contributed by atoms with Crippen LogP contribution in [0.4, 0.5) is 5.82 Å². The molecule has 10 heteroatoms. The van der Waals surface area contributed by atoms with E-state index in [1.807, 2.05) is 0 Å². The van der Waals surface area contributed by atoms with Crippen LogP contribution in [0.15, 0.2) is 38.4 Å². The molecule has 2 aromatic rings. The topological polar surface area (TPSA) is 110 Å². The summed E-state index contributed by atoms with van der Waals surface area (Å²) in [6, 6.07) is 3.68. The SMILES string of the molecule is O=C(O)c1cc(S(=O)(=O)Nc2cc(Cl)ccn2)c(Br)o1. The highest BCUT2D eigenvalue weighted by Gasteiger charge is 2.25. The highest BCUT2D eigenvalue weighted by molar-refractivity contribution is 9.10. The molecule has 2 aromatic heterocycles. The number of pyridine rings is 1. The third kappa shape index (κ3) is 3.11. The van der Waals surface area contributed by atoms with Gasteiger partial charge in [0.15, 0.2) is 4.67 Å². The number of rotatable bonds is 4. The summed E-state index contributed by atoms with van der Waals surface area (Å²) in [4.78, 5) is 14.2. The Bertz CT molecular complexity index is 774. The van der Waals surface area contributed by atoms with Gasteiger partial charge in [0, 0.05) is 23.4 Å². The van der Waals surface area contributed by atoms with E-state index < -0.39 is 21.8 Å². The van der Waals surface area contributed by atoms with Gasteiger partial charge in [0.2, 0.25) is 5.76 Å². The molecule has 0 aliphatic heterocycles. The van der Waals surface area contributed by atoms with Crippen molar-refractivity contribution in [1.29, 1.82) is 0 Å². The predicted octanol–water partition coefficient (Wildman–Crippen LogP) is 2.59. The third-order valence-electron chi connectivity index (χ3n) is 2.12. The maximum Gasteiger partial charge on any atom is 0.371 e. The summed E-state index contributed by atoms with van der Waals surface area (Å²) in [6.07, 6.45) is 1.33. The van der Waals surface area contributed by atoms with Crippen LogP contribution >= 0.6 is 27.5 Å². The van der Waals surface area contributed by atoms with E-state index in [0.717, 1.165) is 6.07 Å². The molecule has 0 spiro atoms. The van der Waals surface area contributed by atoms with Crippen molar-refractivity contribution < 1.29 is 22.7 Å². The number of aromatic carboxylic acids is 1. The van der Waals surface area contributed by atoms with Crippen molar-refractivity contribution in [3.63, 3.8) is 0 Å². The molecule has 2 heterocycles. The van der Waals surface area contributed by atoms with Gasteiger partial charge in [0.1, 0.15) is 10.7 Å². The largest absolute Gasteiger partial charge is 0.475 e. The number of hydrogen-bond acceptors (Lipinski definition) is 5. The minimum atomic E-state index is -4.05. The lowest BCUT2D eigenvalue weighted by Gasteiger charge is -2.05. The van der Waals surface area contributed by atoms with Crippen molar-refractivity contribution in [2.75, 3.05) is 4.72 Å². The Hall–Kier alpha value is -1.58. The first-order valence-electron chi connectivity index (χ1n) is 4.96. The van der Waals surface area contributed by atoms with E-state index in [-0.39, 0.29) is 15.4 Å². The fourth-order valence-corrected chi connectivity index (χ4v) is 3.39. The monoisotopic (exact) mass is 380 g/mol. The number of sulfonamides is 1. The predicted molar refractivity (Wildman–Crippen MR) is 73.4 cm³/mol. The fourth-order valence-electron chi connectivity index (χ4n) is 1.29. The molecule has 0 radical (unpaired) electrons. The first-order valence-corrected chi connectivity index (χ1v) is 7.62. The molecule has 0 unspecified atom stereocenters. The molecule has 0 saturated heterocycles. The molecule has 0 aliphatic rings. The van der Waals surface area contributed by atoms with Crippen LogP contribution in [0.1, 0.15) is 10.6 Å². The highest BCUT2D eigenvalue weighted by Crippen LogP contribution is 2.27. The van der Waals surface area contributed by atoms with Crippen LogP contribution in [0, 0.1) is 0 Å². The van der Waals surface area contributed by atoms with Crippen molar-refractivity contribution in [2.24, 2.45) is 0 Å². The van der Waals surface area contributed by atoms with Crippen LogP contribution in [-0.2, 0) is 10.0 Å². The summed E-state index contributed by atoms with van der Waals surface area (Å²) < 4.78 is 30.9. The second kappa shape index (κ2) is 5.43. The van der Waals surface area contributed by atoms with Gasteiger partial charge in [0.25, 0.3) is 10.0 Å². The Balaban J connectivity index is 2.38. The summed E-state index contributed by atoms with van der Waals surface area (Å²) in [5, 5.41) is 9.06. The summed E-state index contributed by atoms with van der Waals surface area (Å²) in [5.74, 6) is -1.88. The molecule has 0 saturated carbocycles. The van der Waals surface area contributed by atoms with E-state index in [4.69, 9.17) is 21.1 Å². The molecule has 0 fully saturated rings. The van der Waals surface area contributed by atoms with Gasteiger partial charge in [-0.05, 0) is 22.0 Å².